The fourth-order valence-corrected chi connectivity index (χ4v) is 2.55. The van der Waals surface area contributed by atoms with Crippen molar-refractivity contribution >= 4 is 21.7 Å². The second kappa shape index (κ2) is 6.24. The molecule has 0 atom stereocenters. The largest absolute Gasteiger partial charge is 0.356 e. The SMILES string of the molecule is BrCCCc1cccnc1N1CCCCC1. The molecular weight excluding hydrogens is 264 g/mol. The third kappa shape index (κ3) is 2.97. The van der Waals surface area contributed by atoms with Gasteiger partial charge < -0.3 is 4.90 Å². The first kappa shape index (κ1) is 11.9. The lowest BCUT2D eigenvalue weighted by Gasteiger charge is -2.29. The minimum atomic E-state index is 1.07. The topological polar surface area (TPSA) is 16.1 Å². The molecule has 1 aromatic heterocycles. The van der Waals surface area contributed by atoms with Crippen LogP contribution < -0.4 is 4.90 Å². The fourth-order valence-electron chi connectivity index (χ4n) is 2.27. The third-order valence-corrected chi connectivity index (χ3v) is 3.66. The molecule has 1 aromatic rings. The zero-order chi connectivity index (χ0) is 11.2. The van der Waals surface area contributed by atoms with Crippen molar-refractivity contribution in [3.8, 4) is 0 Å². The molecule has 0 saturated carbocycles. The standard InChI is InChI=1S/C13H19BrN2/c14-8-4-6-12-7-5-9-15-13(12)16-10-2-1-3-11-16/h5,7,9H,1-4,6,8,10-11H2. The molecule has 0 N–H and O–H groups in total. The van der Waals surface area contributed by atoms with Crippen molar-refractivity contribution in [1.29, 1.82) is 0 Å². The van der Waals surface area contributed by atoms with Crippen molar-refractivity contribution in [2.24, 2.45) is 0 Å². The summed E-state index contributed by atoms with van der Waals surface area (Å²) in [4.78, 5) is 7.02. The summed E-state index contributed by atoms with van der Waals surface area (Å²) in [6, 6.07) is 4.27. The monoisotopic (exact) mass is 282 g/mol. The number of hydrogen-bond acceptors (Lipinski definition) is 2. The van der Waals surface area contributed by atoms with Crippen LogP contribution in [0, 0.1) is 0 Å². The summed E-state index contributed by atoms with van der Waals surface area (Å²) in [7, 11) is 0. The van der Waals surface area contributed by atoms with Crippen LogP contribution in [0.25, 0.3) is 0 Å². The number of alkyl halides is 1. The lowest BCUT2D eigenvalue weighted by Crippen LogP contribution is -2.31. The van der Waals surface area contributed by atoms with Gasteiger partial charge in [0, 0.05) is 24.6 Å². The van der Waals surface area contributed by atoms with E-state index in [4.69, 9.17) is 0 Å². The molecule has 2 heterocycles. The first-order valence-electron chi connectivity index (χ1n) is 6.16. The Morgan fingerprint density at radius 2 is 2.06 bits per heavy atom. The van der Waals surface area contributed by atoms with E-state index in [2.05, 4.69) is 37.9 Å². The Morgan fingerprint density at radius 1 is 1.25 bits per heavy atom. The van der Waals surface area contributed by atoms with Gasteiger partial charge in [-0.2, -0.15) is 0 Å². The van der Waals surface area contributed by atoms with Gasteiger partial charge in [0.25, 0.3) is 0 Å². The van der Waals surface area contributed by atoms with E-state index in [-0.39, 0.29) is 0 Å². The van der Waals surface area contributed by atoms with E-state index < -0.39 is 0 Å². The van der Waals surface area contributed by atoms with Crippen LogP contribution in [0.1, 0.15) is 31.2 Å². The molecule has 0 unspecified atom stereocenters. The highest BCUT2D eigenvalue weighted by Crippen LogP contribution is 2.22. The number of aromatic nitrogens is 1. The lowest BCUT2D eigenvalue weighted by atomic mass is 10.1. The molecule has 0 spiro atoms. The molecule has 1 fully saturated rings. The van der Waals surface area contributed by atoms with Crippen molar-refractivity contribution in [2.45, 2.75) is 32.1 Å². The summed E-state index contributed by atoms with van der Waals surface area (Å²) in [5, 5.41) is 1.07. The molecule has 16 heavy (non-hydrogen) atoms. The number of hydrogen-bond donors (Lipinski definition) is 0. The molecule has 0 aromatic carbocycles. The molecule has 0 bridgehead atoms. The van der Waals surface area contributed by atoms with E-state index in [0.29, 0.717) is 0 Å². The molecule has 2 rings (SSSR count). The summed E-state index contributed by atoms with van der Waals surface area (Å²) in [6.07, 6.45) is 8.24. The highest BCUT2D eigenvalue weighted by molar-refractivity contribution is 9.09. The Labute approximate surface area is 106 Å². The van der Waals surface area contributed by atoms with Crippen molar-refractivity contribution in [3.63, 3.8) is 0 Å². The van der Waals surface area contributed by atoms with E-state index in [9.17, 15) is 0 Å². The molecule has 0 amide bonds. The van der Waals surface area contributed by atoms with Crippen LogP contribution in [-0.2, 0) is 6.42 Å². The predicted molar refractivity (Wildman–Crippen MR) is 72.4 cm³/mol. The minimum absolute atomic E-state index is 1.07. The number of halogens is 1. The molecule has 0 radical (unpaired) electrons. The third-order valence-electron chi connectivity index (χ3n) is 3.10. The fraction of sp³-hybridized carbons (Fsp3) is 0.615. The first-order chi connectivity index (χ1) is 7.92. The van der Waals surface area contributed by atoms with Gasteiger partial charge in [0.15, 0.2) is 0 Å². The number of piperidine rings is 1. The summed E-state index contributed by atoms with van der Waals surface area (Å²) < 4.78 is 0. The van der Waals surface area contributed by atoms with Crippen molar-refractivity contribution in [1.82, 2.24) is 4.98 Å². The van der Waals surface area contributed by atoms with Gasteiger partial charge in [-0.15, -0.1) is 0 Å². The maximum atomic E-state index is 4.57. The molecule has 3 heteroatoms. The number of nitrogens with zero attached hydrogens (tertiary/aromatic N) is 2. The Balaban J connectivity index is 2.11. The van der Waals surface area contributed by atoms with Crippen LogP contribution in [-0.4, -0.2) is 23.4 Å². The highest BCUT2D eigenvalue weighted by Gasteiger charge is 2.14. The van der Waals surface area contributed by atoms with Gasteiger partial charge in [0.2, 0.25) is 0 Å². The Morgan fingerprint density at radius 3 is 2.81 bits per heavy atom. The van der Waals surface area contributed by atoms with Crippen molar-refractivity contribution < 1.29 is 0 Å². The summed E-state index contributed by atoms with van der Waals surface area (Å²) in [5.74, 6) is 1.23. The van der Waals surface area contributed by atoms with Gasteiger partial charge in [-0.3, -0.25) is 0 Å². The van der Waals surface area contributed by atoms with Crippen LogP contribution in [0.4, 0.5) is 5.82 Å². The van der Waals surface area contributed by atoms with Gasteiger partial charge in [0.1, 0.15) is 5.82 Å². The average Bonchev–Trinajstić information content (AvgIpc) is 2.38. The van der Waals surface area contributed by atoms with Gasteiger partial charge in [0.05, 0.1) is 0 Å². The number of rotatable bonds is 4. The number of aryl methyl sites for hydroxylation is 1. The van der Waals surface area contributed by atoms with Gasteiger partial charge in [-0.1, -0.05) is 22.0 Å². The van der Waals surface area contributed by atoms with Crippen molar-refractivity contribution in [3.05, 3.63) is 23.9 Å². The summed E-state index contributed by atoms with van der Waals surface area (Å²) >= 11 is 3.49. The maximum Gasteiger partial charge on any atom is 0.131 e. The minimum Gasteiger partial charge on any atom is -0.356 e. The van der Waals surface area contributed by atoms with E-state index in [1.165, 1.54) is 50.2 Å². The Kier molecular flexibility index (Phi) is 4.64. The van der Waals surface area contributed by atoms with Gasteiger partial charge in [-0.05, 0) is 43.7 Å². The van der Waals surface area contributed by atoms with Gasteiger partial charge in [-0.25, -0.2) is 4.98 Å². The van der Waals surface area contributed by atoms with E-state index in [0.717, 1.165) is 11.8 Å². The van der Waals surface area contributed by atoms with Crippen LogP contribution in [0.3, 0.4) is 0 Å². The Bertz CT molecular complexity index is 321. The second-order valence-electron chi connectivity index (χ2n) is 4.33. The molecule has 88 valence electrons. The molecule has 1 aliphatic rings. The van der Waals surface area contributed by atoms with Crippen LogP contribution >= 0.6 is 15.9 Å². The zero-order valence-electron chi connectivity index (χ0n) is 9.66. The first-order valence-corrected chi connectivity index (χ1v) is 7.29. The quantitative estimate of drug-likeness (QED) is 0.787. The Hall–Kier alpha value is -0.570. The lowest BCUT2D eigenvalue weighted by molar-refractivity contribution is 0.571. The molecule has 1 saturated heterocycles. The summed E-state index contributed by atoms with van der Waals surface area (Å²) in [5.41, 5.74) is 1.41. The van der Waals surface area contributed by atoms with Crippen LogP contribution in [0.15, 0.2) is 18.3 Å². The van der Waals surface area contributed by atoms with Crippen LogP contribution in [0.5, 0.6) is 0 Å². The van der Waals surface area contributed by atoms with E-state index in [1.807, 2.05) is 6.20 Å². The predicted octanol–water partition coefficient (Wildman–Crippen LogP) is 3.40. The second-order valence-corrected chi connectivity index (χ2v) is 5.12. The maximum absolute atomic E-state index is 4.57. The highest BCUT2D eigenvalue weighted by atomic mass is 79.9. The van der Waals surface area contributed by atoms with Gasteiger partial charge >= 0.3 is 0 Å². The van der Waals surface area contributed by atoms with Crippen molar-refractivity contribution in [2.75, 3.05) is 23.3 Å². The van der Waals surface area contributed by atoms with E-state index >= 15 is 0 Å². The molecule has 0 aliphatic carbocycles. The number of pyridine rings is 1. The van der Waals surface area contributed by atoms with Crippen LogP contribution in [0.2, 0.25) is 0 Å². The van der Waals surface area contributed by atoms with E-state index in [1.54, 1.807) is 0 Å². The smallest absolute Gasteiger partial charge is 0.131 e. The normalized spacial score (nSPS) is 16.4. The zero-order valence-corrected chi connectivity index (χ0v) is 11.2. The molecule has 1 aliphatic heterocycles. The molecule has 2 nitrogen and oxygen atoms in total. The average molecular weight is 283 g/mol. The molecular formula is C13H19BrN2. The number of anilines is 1. The summed E-state index contributed by atoms with van der Waals surface area (Å²) in [6.45, 7) is 2.36.